The summed E-state index contributed by atoms with van der Waals surface area (Å²) in [6, 6.07) is 1.81. The monoisotopic (exact) mass is 180 g/mol. The Balaban J connectivity index is 4.53. The van der Waals surface area contributed by atoms with Gasteiger partial charge in [-0.15, -0.1) is 0 Å². The summed E-state index contributed by atoms with van der Waals surface area (Å²) in [5.41, 5.74) is 0.0941. The van der Waals surface area contributed by atoms with E-state index in [0.717, 1.165) is 0 Å². The highest BCUT2D eigenvalue weighted by atomic mass is 16.5. The van der Waals surface area contributed by atoms with Gasteiger partial charge >= 0.3 is 0 Å². The fraction of sp³-hybridized carbons (Fsp3) is 0.375. The lowest BCUT2D eigenvalue weighted by Gasteiger charge is -2.07. The Hall–Kier alpha value is -1.83. The van der Waals surface area contributed by atoms with Crippen molar-refractivity contribution < 1.29 is 4.74 Å². The van der Waals surface area contributed by atoms with Crippen molar-refractivity contribution in [3.63, 3.8) is 0 Å². The molecule has 0 amide bonds. The molecule has 0 bridgehead atoms. The molecule has 2 N–H and O–H groups in total. The lowest BCUT2D eigenvalue weighted by Crippen LogP contribution is -2.12. The number of nitrogens with one attached hydrogen (secondary N) is 2. The van der Waals surface area contributed by atoms with Crippen molar-refractivity contribution in [3.05, 3.63) is 11.8 Å². The second kappa shape index (κ2) is 4.93. The first-order chi connectivity index (χ1) is 5.97. The second-order valence-electron chi connectivity index (χ2n) is 2.61. The molecule has 0 aliphatic rings. The summed E-state index contributed by atoms with van der Waals surface area (Å²) in [6.45, 7) is 1.40. The van der Waals surface area contributed by atoms with Crippen molar-refractivity contribution in [2.45, 2.75) is 6.92 Å². The maximum atomic E-state index is 8.62. The second-order valence-corrected chi connectivity index (χ2v) is 2.61. The van der Waals surface area contributed by atoms with Crippen molar-refractivity contribution in [2.24, 2.45) is 0 Å². The maximum Gasteiger partial charge on any atom is 0.233 e. The van der Waals surface area contributed by atoms with Gasteiger partial charge in [0.15, 0.2) is 5.90 Å². The minimum Gasteiger partial charge on any atom is -0.425 e. The molecule has 0 saturated heterocycles. The van der Waals surface area contributed by atoms with Gasteiger partial charge in [-0.2, -0.15) is 5.26 Å². The zero-order valence-electron chi connectivity index (χ0n) is 7.88. The zero-order chi connectivity index (χ0) is 10.4. The Bertz CT molecular complexity index is 285. The predicted octanol–water partition coefficient (Wildman–Crippen LogP) is 0.947. The van der Waals surface area contributed by atoms with E-state index < -0.39 is 0 Å². The Morgan fingerprint density at radius 3 is 2.31 bits per heavy atom. The van der Waals surface area contributed by atoms with Crippen LogP contribution in [-0.4, -0.2) is 30.8 Å². The first-order valence-electron chi connectivity index (χ1n) is 3.57. The highest BCUT2D eigenvalue weighted by Crippen LogP contribution is 1.98. The van der Waals surface area contributed by atoms with Crippen LogP contribution in [0.4, 0.5) is 0 Å². The summed E-state index contributed by atoms with van der Waals surface area (Å²) in [5.74, 6) is -0.409. The van der Waals surface area contributed by atoms with Gasteiger partial charge in [-0.3, -0.25) is 10.8 Å². The summed E-state index contributed by atoms with van der Waals surface area (Å²) in [4.78, 5) is 1.63. The summed E-state index contributed by atoms with van der Waals surface area (Å²) in [6.07, 6.45) is 1.46. The zero-order valence-corrected chi connectivity index (χ0v) is 7.88. The average molecular weight is 180 g/mol. The van der Waals surface area contributed by atoms with E-state index in [0.29, 0.717) is 0 Å². The molecule has 0 aromatic carbocycles. The topological polar surface area (TPSA) is 84.0 Å². The Morgan fingerprint density at radius 2 is 2.00 bits per heavy atom. The van der Waals surface area contributed by atoms with Gasteiger partial charge in [0.1, 0.15) is 11.6 Å². The molecule has 0 aliphatic heterocycles. The molecule has 0 radical (unpaired) electrons. The Kier molecular flexibility index (Phi) is 4.24. The first kappa shape index (κ1) is 11.2. The van der Waals surface area contributed by atoms with E-state index in [-0.39, 0.29) is 17.4 Å². The molecular weight excluding hydrogens is 168 g/mol. The highest BCUT2D eigenvalue weighted by Gasteiger charge is 2.06. The third-order valence-corrected chi connectivity index (χ3v) is 1.01. The van der Waals surface area contributed by atoms with E-state index >= 15 is 0 Å². The van der Waals surface area contributed by atoms with Crippen molar-refractivity contribution in [1.82, 2.24) is 4.90 Å². The van der Waals surface area contributed by atoms with Gasteiger partial charge in [0.25, 0.3) is 0 Å². The molecule has 5 nitrogen and oxygen atoms in total. The number of nitrogens with zero attached hydrogens (tertiary/aromatic N) is 2. The van der Waals surface area contributed by atoms with Crippen molar-refractivity contribution in [1.29, 1.82) is 16.1 Å². The maximum absolute atomic E-state index is 8.62. The third kappa shape index (κ3) is 4.58. The molecule has 0 atom stereocenters. The average Bonchev–Trinajstić information content (AvgIpc) is 1.98. The molecule has 0 fully saturated rings. The third-order valence-electron chi connectivity index (χ3n) is 1.01. The standard InChI is InChI=1S/C8H12N4O/c1-6(10)13-8(11)7(4-9)5-12(2)3/h5,10-11H,1-3H3/b7-5+,10-6?,11-8?. The molecule has 0 heterocycles. The summed E-state index contributed by atoms with van der Waals surface area (Å²) >= 11 is 0. The number of rotatable bonds is 2. The van der Waals surface area contributed by atoms with E-state index in [1.54, 1.807) is 19.0 Å². The van der Waals surface area contributed by atoms with E-state index in [9.17, 15) is 0 Å². The smallest absolute Gasteiger partial charge is 0.233 e. The molecule has 0 unspecified atom stereocenters. The van der Waals surface area contributed by atoms with Crippen LogP contribution in [0.3, 0.4) is 0 Å². The molecule has 0 rings (SSSR count). The Morgan fingerprint density at radius 1 is 1.46 bits per heavy atom. The molecule has 0 spiro atoms. The van der Waals surface area contributed by atoms with Gasteiger partial charge in [0.2, 0.25) is 5.90 Å². The van der Waals surface area contributed by atoms with Crippen LogP contribution in [-0.2, 0) is 4.74 Å². The fourth-order valence-corrected chi connectivity index (χ4v) is 0.605. The van der Waals surface area contributed by atoms with Gasteiger partial charge in [-0.1, -0.05) is 0 Å². The molecule has 0 saturated carbocycles. The van der Waals surface area contributed by atoms with Crippen LogP contribution in [0.5, 0.6) is 0 Å². The number of hydrogen-bond donors (Lipinski definition) is 2. The summed E-state index contributed by atoms with van der Waals surface area (Å²) < 4.78 is 4.65. The van der Waals surface area contributed by atoms with E-state index in [1.807, 2.05) is 6.07 Å². The quantitative estimate of drug-likeness (QED) is 0.377. The SMILES string of the molecule is CC(=N)OC(=N)/C(C#N)=C/N(C)C. The van der Waals surface area contributed by atoms with Gasteiger partial charge in [0.05, 0.1) is 0 Å². The normalized spacial score (nSPS) is 10.2. The van der Waals surface area contributed by atoms with Crippen LogP contribution >= 0.6 is 0 Å². The lowest BCUT2D eigenvalue weighted by atomic mass is 10.3. The molecule has 0 aromatic rings. The van der Waals surface area contributed by atoms with Crippen molar-refractivity contribution >= 4 is 11.8 Å². The number of ether oxygens (including phenoxy) is 1. The first-order valence-corrected chi connectivity index (χ1v) is 3.57. The van der Waals surface area contributed by atoms with Crippen molar-refractivity contribution in [2.75, 3.05) is 14.1 Å². The molecule has 0 aromatic heterocycles. The largest absolute Gasteiger partial charge is 0.425 e. The van der Waals surface area contributed by atoms with Gasteiger partial charge in [0, 0.05) is 27.2 Å². The lowest BCUT2D eigenvalue weighted by molar-refractivity contribution is 0.523. The van der Waals surface area contributed by atoms with Crippen LogP contribution < -0.4 is 0 Å². The van der Waals surface area contributed by atoms with E-state index in [1.165, 1.54) is 13.1 Å². The van der Waals surface area contributed by atoms with E-state index in [4.69, 9.17) is 16.1 Å². The van der Waals surface area contributed by atoms with Crippen LogP contribution in [0.1, 0.15) is 6.92 Å². The summed E-state index contributed by atoms with van der Waals surface area (Å²) in [7, 11) is 3.48. The Labute approximate surface area is 77.2 Å². The van der Waals surface area contributed by atoms with E-state index in [2.05, 4.69) is 4.74 Å². The molecular formula is C8H12N4O. The van der Waals surface area contributed by atoms with Gasteiger partial charge in [-0.05, 0) is 0 Å². The van der Waals surface area contributed by atoms with Crippen LogP contribution in [0.15, 0.2) is 11.8 Å². The van der Waals surface area contributed by atoms with Gasteiger partial charge in [-0.25, -0.2) is 0 Å². The van der Waals surface area contributed by atoms with Crippen LogP contribution in [0, 0.1) is 22.1 Å². The van der Waals surface area contributed by atoms with Crippen molar-refractivity contribution in [3.8, 4) is 6.07 Å². The number of hydrogen-bond acceptors (Lipinski definition) is 5. The predicted molar refractivity (Wildman–Crippen MR) is 49.6 cm³/mol. The number of nitriles is 1. The summed E-state index contributed by atoms with van der Waals surface area (Å²) in [5, 5.41) is 22.9. The highest BCUT2D eigenvalue weighted by molar-refractivity contribution is 6.00. The molecule has 5 heteroatoms. The molecule has 13 heavy (non-hydrogen) atoms. The molecule has 70 valence electrons. The minimum atomic E-state index is -0.302. The van der Waals surface area contributed by atoms with Crippen LogP contribution in [0.25, 0.3) is 0 Å². The van der Waals surface area contributed by atoms with Gasteiger partial charge < -0.3 is 9.64 Å². The molecule has 0 aliphatic carbocycles. The minimum absolute atomic E-state index is 0.0941. The van der Waals surface area contributed by atoms with Crippen LogP contribution in [0.2, 0.25) is 0 Å². The fourth-order valence-electron chi connectivity index (χ4n) is 0.605.